The molecule has 1 atom stereocenters. The molecule has 0 fully saturated rings. The van der Waals surface area contributed by atoms with Gasteiger partial charge in [0, 0.05) is 16.9 Å². The molecule has 0 saturated heterocycles. The van der Waals surface area contributed by atoms with Crippen molar-refractivity contribution in [2.45, 2.75) is 41.5 Å². The van der Waals surface area contributed by atoms with Gasteiger partial charge in [-0.05, 0) is 57.5 Å². The van der Waals surface area contributed by atoms with Gasteiger partial charge in [0.05, 0.1) is 13.2 Å². The Labute approximate surface area is 183 Å². The molecular formula is C23H31LiO3P+. The zero-order valence-electron chi connectivity index (χ0n) is 18.3. The molecule has 0 amide bonds. The van der Waals surface area contributed by atoms with Crippen LogP contribution in [0, 0.1) is 25.7 Å². The Morgan fingerprint density at radius 1 is 0.929 bits per heavy atom. The van der Waals surface area contributed by atoms with Gasteiger partial charge in [-0.2, -0.15) is 0 Å². The predicted octanol–water partition coefficient (Wildman–Crippen LogP) is 2.52. The number of hydrogen-bond donors (Lipinski definition) is 0. The fourth-order valence-electron chi connectivity index (χ4n) is 2.69. The van der Waals surface area contributed by atoms with E-state index in [4.69, 9.17) is 9.47 Å². The molecule has 2 rings (SSSR count). The molecule has 2 aromatic carbocycles. The Balaban J connectivity index is 0.00000392. The average Bonchev–Trinajstić information content (AvgIpc) is 2.59. The monoisotopic (exact) mass is 393 g/mol. The number of aryl methyl sites for hydroxylation is 2. The zero-order valence-corrected chi connectivity index (χ0v) is 19.3. The smallest absolute Gasteiger partial charge is 0.493 e. The average molecular weight is 393 g/mol. The van der Waals surface area contributed by atoms with Gasteiger partial charge in [0.25, 0.3) is 0 Å². The van der Waals surface area contributed by atoms with Crippen LogP contribution in [0.2, 0.25) is 0 Å². The molecule has 3 nitrogen and oxygen atoms in total. The molecule has 2 aromatic rings. The van der Waals surface area contributed by atoms with Crippen molar-refractivity contribution >= 4 is 19.4 Å². The molecule has 0 bridgehead atoms. The van der Waals surface area contributed by atoms with E-state index in [-0.39, 0.29) is 33.0 Å². The minimum absolute atomic E-state index is 0. The molecule has 0 saturated carbocycles. The van der Waals surface area contributed by atoms with Gasteiger partial charge in [0.15, 0.2) is 5.52 Å². The molecule has 28 heavy (non-hydrogen) atoms. The van der Waals surface area contributed by atoms with Crippen LogP contribution in [0.4, 0.5) is 0 Å². The maximum atomic E-state index is 13.0. The summed E-state index contributed by atoms with van der Waals surface area (Å²) in [6, 6.07) is 11.8. The summed E-state index contributed by atoms with van der Waals surface area (Å²) in [6.45, 7) is 13.7. The molecule has 0 aliphatic heterocycles. The number of hydrogen-bond acceptors (Lipinski definition) is 3. The Morgan fingerprint density at radius 2 is 1.50 bits per heavy atom. The van der Waals surface area contributed by atoms with Crippen molar-refractivity contribution in [2.24, 2.45) is 11.8 Å². The first-order valence-corrected chi connectivity index (χ1v) is 10.5. The fourth-order valence-corrected chi connectivity index (χ4v) is 3.89. The molecule has 5 heteroatoms. The van der Waals surface area contributed by atoms with E-state index in [1.807, 2.05) is 50.2 Å². The number of ether oxygens (including phenoxy) is 2. The van der Waals surface area contributed by atoms with Gasteiger partial charge in [-0.1, -0.05) is 45.9 Å². The van der Waals surface area contributed by atoms with E-state index < -0.39 is 0 Å². The summed E-state index contributed by atoms with van der Waals surface area (Å²) in [7, 11) is 0.0250. The summed E-state index contributed by atoms with van der Waals surface area (Å²) in [4.78, 5) is 13.0. The quantitative estimate of drug-likeness (QED) is 0.485. The first kappa shape index (κ1) is 24.8. The number of rotatable bonds is 9. The van der Waals surface area contributed by atoms with Crippen molar-refractivity contribution in [1.29, 1.82) is 0 Å². The summed E-state index contributed by atoms with van der Waals surface area (Å²) in [5.74, 6) is 2.41. The minimum Gasteiger partial charge on any atom is -0.493 e. The largest absolute Gasteiger partial charge is 1.00 e. The van der Waals surface area contributed by atoms with E-state index in [0.717, 1.165) is 33.5 Å². The molecule has 0 aromatic heterocycles. The van der Waals surface area contributed by atoms with Crippen molar-refractivity contribution in [3.63, 3.8) is 0 Å². The Hall–Kier alpha value is -1.26. The topological polar surface area (TPSA) is 35.5 Å². The summed E-state index contributed by atoms with van der Waals surface area (Å²) >= 11 is 0. The maximum Gasteiger partial charge on any atom is 1.00 e. The van der Waals surface area contributed by atoms with Gasteiger partial charge in [-0.15, -0.1) is 0 Å². The predicted molar refractivity (Wildman–Crippen MR) is 115 cm³/mol. The second-order valence-electron chi connectivity index (χ2n) is 7.79. The molecule has 0 radical (unpaired) electrons. The summed E-state index contributed by atoms with van der Waals surface area (Å²) in [5, 5.41) is 0.931. The van der Waals surface area contributed by atoms with E-state index in [1.165, 1.54) is 0 Å². The minimum atomic E-state index is 0. The van der Waals surface area contributed by atoms with Crippen LogP contribution >= 0.6 is 8.58 Å². The standard InChI is InChI=1S/C23H31O3P.Li/c1-15(2)13-25-19-10-11-21(20(12-19)26-14-16(3)4)27-23(24)22-17(5)8-7-9-18(22)6;/h7-12,15-16,27H,13-14H2,1-6H3;/q;+1. The van der Waals surface area contributed by atoms with Crippen molar-refractivity contribution in [3.8, 4) is 11.5 Å². The third kappa shape index (κ3) is 7.29. The van der Waals surface area contributed by atoms with Crippen LogP contribution in [0.5, 0.6) is 11.5 Å². The molecular weight excluding hydrogens is 362 g/mol. The van der Waals surface area contributed by atoms with E-state index in [2.05, 4.69) is 27.7 Å². The van der Waals surface area contributed by atoms with Gasteiger partial charge < -0.3 is 9.47 Å². The number of carbonyl (C=O) groups excluding carboxylic acids is 1. The van der Waals surface area contributed by atoms with Crippen LogP contribution in [0.3, 0.4) is 0 Å². The number of benzene rings is 2. The zero-order chi connectivity index (χ0) is 20.0. The fraction of sp³-hybridized carbons (Fsp3) is 0.435. The van der Waals surface area contributed by atoms with E-state index >= 15 is 0 Å². The van der Waals surface area contributed by atoms with Crippen molar-refractivity contribution in [1.82, 2.24) is 0 Å². The molecule has 0 N–H and O–H groups in total. The third-order valence-electron chi connectivity index (χ3n) is 4.06. The molecule has 0 aliphatic carbocycles. The third-order valence-corrected chi connectivity index (χ3v) is 5.22. The second kappa shape index (κ2) is 11.7. The Bertz CT molecular complexity index is 767. The van der Waals surface area contributed by atoms with Crippen molar-refractivity contribution in [3.05, 3.63) is 53.1 Å². The molecule has 0 spiro atoms. The normalized spacial score (nSPS) is 11.1. The molecule has 0 heterocycles. The Kier molecular flexibility index (Phi) is 10.3. The van der Waals surface area contributed by atoms with Gasteiger partial charge in [0.1, 0.15) is 11.5 Å². The SMILES string of the molecule is Cc1cccc(C)c1C(=O)Pc1ccc(OCC(C)C)cc1OCC(C)C.[Li+]. The van der Waals surface area contributed by atoms with Crippen LogP contribution in [0.1, 0.15) is 49.2 Å². The molecule has 146 valence electrons. The summed E-state index contributed by atoms with van der Waals surface area (Å²) in [5.41, 5.74) is 3.02. The van der Waals surface area contributed by atoms with Gasteiger partial charge in [-0.25, -0.2) is 0 Å². The first-order chi connectivity index (χ1) is 12.8. The van der Waals surface area contributed by atoms with Crippen LogP contribution < -0.4 is 33.6 Å². The Morgan fingerprint density at radius 3 is 2.07 bits per heavy atom. The van der Waals surface area contributed by atoms with E-state index in [9.17, 15) is 4.79 Å². The maximum absolute atomic E-state index is 13.0. The molecule has 0 aliphatic rings. The first-order valence-electron chi connectivity index (χ1n) is 9.55. The van der Waals surface area contributed by atoms with E-state index in [0.29, 0.717) is 25.0 Å². The van der Waals surface area contributed by atoms with Crippen LogP contribution in [0.15, 0.2) is 36.4 Å². The van der Waals surface area contributed by atoms with Crippen LogP contribution in [0.25, 0.3) is 0 Å². The van der Waals surface area contributed by atoms with E-state index in [1.54, 1.807) is 0 Å². The van der Waals surface area contributed by atoms with Crippen LogP contribution in [-0.4, -0.2) is 18.7 Å². The number of carbonyl (C=O) groups is 1. The molecule has 1 unspecified atom stereocenters. The van der Waals surface area contributed by atoms with Gasteiger partial charge in [-0.3, -0.25) is 4.79 Å². The summed E-state index contributed by atoms with van der Waals surface area (Å²) in [6.07, 6.45) is 0. The van der Waals surface area contributed by atoms with Crippen LogP contribution in [-0.2, 0) is 0 Å². The van der Waals surface area contributed by atoms with Gasteiger partial charge in [0.2, 0.25) is 0 Å². The second-order valence-corrected chi connectivity index (χ2v) is 9.03. The van der Waals surface area contributed by atoms with Crippen molar-refractivity contribution < 1.29 is 33.1 Å². The summed E-state index contributed by atoms with van der Waals surface area (Å²) < 4.78 is 11.9. The van der Waals surface area contributed by atoms with Crippen molar-refractivity contribution in [2.75, 3.05) is 13.2 Å². The van der Waals surface area contributed by atoms with Gasteiger partial charge >= 0.3 is 18.9 Å².